The Morgan fingerprint density at radius 2 is 2.04 bits per heavy atom. The summed E-state index contributed by atoms with van der Waals surface area (Å²) in [5.41, 5.74) is 1.53. The van der Waals surface area contributed by atoms with E-state index in [-0.39, 0.29) is 5.41 Å². The molecule has 0 radical (unpaired) electrons. The van der Waals surface area contributed by atoms with Crippen LogP contribution in [0, 0.1) is 5.92 Å². The van der Waals surface area contributed by atoms with E-state index in [0.717, 1.165) is 24.0 Å². The van der Waals surface area contributed by atoms with Crippen LogP contribution in [0.5, 0.6) is 11.5 Å². The van der Waals surface area contributed by atoms with Gasteiger partial charge in [0, 0.05) is 11.5 Å². The van der Waals surface area contributed by atoms with Crippen molar-refractivity contribution in [2.75, 3.05) is 26.8 Å². The molecular weight excluding hydrogens is 298 g/mol. The molecule has 3 heteroatoms. The van der Waals surface area contributed by atoms with Gasteiger partial charge in [0.2, 0.25) is 0 Å². The van der Waals surface area contributed by atoms with E-state index in [9.17, 15) is 0 Å². The first kappa shape index (κ1) is 16.0. The van der Waals surface area contributed by atoms with Crippen LogP contribution in [0.3, 0.4) is 0 Å². The molecule has 24 heavy (non-hydrogen) atoms. The summed E-state index contributed by atoms with van der Waals surface area (Å²) in [5, 5.41) is 0. The van der Waals surface area contributed by atoms with Crippen LogP contribution in [0.15, 0.2) is 30.4 Å². The van der Waals surface area contributed by atoms with E-state index in [1.165, 1.54) is 44.2 Å². The van der Waals surface area contributed by atoms with Crippen molar-refractivity contribution in [3.8, 4) is 11.5 Å². The van der Waals surface area contributed by atoms with Gasteiger partial charge in [-0.2, -0.15) is 0 Å². The number of nitrogens with zero attached hydrogens (tertiary/aromatic N) is 1. The first-order valence-corrected chi connectivity index (χ1v) is 9.51. The summed E-state index contributed by atoms with van der Waals surface area (Å²) < 4.78 is 12.0. The lowest BCUT2D eigenvalue weighted by atomic mass is 9.70. The van der Waals surface area contributed by atoms with Gasteiger partial charge in [-0.3, -0.25) is 0 Å². The molecule has 0 aromatic heterocycles. The van der Waals surface area contributed by atoms with Crippen molar-refractivity contribution >= 4 is 0 Å². The predicted molar refractivity (Wildman–Crippen MR) is 96.9 cm³/mol. The van der Waals surface area contributed by atoms with E-state index < -0.39 is 0 Å². The highest BCUT2D eigenvalue weighted by Gasteiger charge is 2.46. The van der Waals surface area contributed by atoms with Crippen LogP contribution >= 0.6 is 0 Å². The number of hydrogen-bond acceptors (Lipinski definition) is 3. The second kappa shape index (κ2) is 6.44. The lowest BCUT2D eigenvalue weighted by Gasteiger charge is -2.38. The van der Waals surface area contributed by atoms with Crippen molar-refractivity contribution < 1.29 is 9.47 Å². The van der Waals surface area contributed by atoms with E-state index in [4.69, 9.17) is 9.47 Å². The molecule has 1 heterocycles. The normalized spacial score (nSPS) is 29.5. The third-order valence-corrected chi connectivity index (χ3v) is 5.98. The number of rotatable bonds is 6. The molecule has 1 aliphatic heterocycles. The number of benzene rings is 1. The van der Waals surface area contributed by atoms with Crippen molar-refractivity contribution in [3.05, 3.63) is 35.9 Å². The Bertz CT molecular complexity index is 622. The lowest BCUT2D eigenvalue weighted by molar-refractivity contribution is 0.247. The van der Waals surface area contributed by atoms with E-state index in [2.05, 4.69) is 42.3 Å². The Morgan fingerprint density at radius 3 is 2.83 bits per heavy atom. The summed E-state index contributed by atoms with van der Waals surface area (Å²) in [6.45, 7) is 4.71. The van der Waals surface area contributed by atoms with Gasteiger partial charge in [-0.1, -0.05) is 18.2 Å². The standard InChI is InChI=1S/C21H29NO2/c1-3-23-19-14-17(9-10-18(19)24-15-16-7-8-16)21-11-5-4-6-20(21)22(2)13-12-21/h5,9-11,14,16,20H,3-4,6-8,12-13,15H2,1-2H3/t20?,21-/m0/s1. The Morgan fingerprint density at radius 1 is 1.17 bits per heavy atom. The molecule has 1 saturated carbocycles. The summed E-state index contributed by atoms with van der Waals surface area (Å²) in [7, 11) is 2.27. The molecule has 1 aromatic carbocycles. The van der Waals surface area contributed by atoms with Crippen LogP contribution in [-0.4, -0.2) is 37.7 Å². The third-order valence-electron chi connectivity index (χ3n) is 5.98. The van der Waals surface area contributed by atoms with Crippen LogP contribution in [0.1, 0.15) is 44.6 Å². The fraction of sp³-hybridized carbons (Fsp3) is 0.619. The number of ether oxygens (including phenoxy) is 2. The minimum Gasteiger partial charge on any atom is -0.490 e. The summed E-state index contributed by atoms with van der Waals surface area (Å²) in [6.07, 6.45) is 11.1. The number of hydrogen-bond donors (Lipinski definition) is 0. The maximum absolute atomic E-state index is 6.03. The highest BCUT2D eigenvalue weighted by atomic mass is 16.5. The van der Waals surface area contributed by atoms with Gasteiger partial charge < -0.3 is 14.4 Å². The third kappa shape index (κ3) is 2.83. The van der Waals surface area contributed by atoms with Gasteiger partial charge in [0.25, 0.3) is 0 Å². The van der Waals surface area contributed by atoms with Gasteiger partial charge in [-0.05, 0) is 76.2 Å². The van der Waals surface area contributed by atoms with Crippen LogP contribution in [-0.2, 0) is 5.41 Å². The number of likely N-dealkylation sites (N-methyl/N-ethyl adjacent to an activating group) is 1. The summed E-state index contributed by atoms with van der Waals surface area (Å²) in [6, 6.07) is 7.25. The summed E-state index contributed by atoms with van der Waals surface area (Å²) in [4.78, 5) is 2.53. The Balaban J connectivity index is 1.65. The topological polar surface area (TPSA) is 21.7 Å². The molecule has 0 N–H and O–H groups in total. The number of fused-ring (bicyclic) bond motifs is 1. The fourth-order valence-corrected chi connectivity index (χ4v) is 4.41. The van der Waals surface area contributed by atoms with Crippen LogP contribution < -0.4 is 9.47 Å². The molecule has 4 rings (SSSR count). The smallest absolute Gasteiger partial charge is 0.161 e. The molecule has 1 unspecified atom stereocenters. The van der Waals surface area contributed by atoms with E-state index >= 15 is 0 Å². The Hall–Kier alpha value is -1.48. The molecule has 130 valence electrons. The van der Waals surface area contributed by atoms with Gasteiger partial charge in [0.1, 0.15) is 0 Å². The molecule has 2 fully saturated rings. The fourth-order valence-electron chi connectivity index (χ4n) is 4.41. The van der Waals surface area contributed by atoms with Gasteiger partial charge in [0.15, 0.2) is 11.5 Å². The van der Waals surface area contributed by atoms with Crippen molar-refractivity contribution in [3.63, 3.8) is 0 Å². The highest BCUT2D eigenvalue weighted by molar-refractivity contribution is 5.48. The van der Waals surface area contributed by atoms with Crippen molar-refractivity contribution in [1.82, 2.24) is 4.90 Å². The lowest BCUT2D eigenvalue weighted by Crippen LogP contribution is -2.41. The van der Waals surface area contributed by atoms with E-state index in [1.807, 2.05) is 6.92 Å². The quantitative estimate of drug-likeness (QED) is 0.732. The molecule has 0 bridgehead atoms. The summed E-state index contributed by atoms with van der Waals surface area (Å²) >= 11 is 0. The zero-order valence-electron chi connectivity index (χ0n) is 15.0. The van der Waals surface area contributed by atoms with Gasteiger partial charge in [0.05, 0.1) is 13.2 Å². The molecule has 3 aliphatic rings. The monoisotopic (exact) mass is 327 g/mol. The largest absolute Gasteiger partial charge is 0.490 e. The Labute approximate surface area is 145 Å². The molecule has 0 amide bonds. The number of allylic oxidation sites excluding steroid dienone is 1. The van der Waals surface area contributed by atoms with Crippen molar-refractivity contribution in [1.29, 1.82) is 0 Å². The van der Waals surface area contributed by atoms with Crippen molar-refractivity contribution in [2.24, 2.45) is 5.92 Å². The molecule has 0 spiro atoms. The van der Waals surface area contributed by atoms with Gasteiger partial charge in [-0.25, -0.2) is 0 Å². The SMILES string of the molecule is CCOc1cc([C@@]23C=CCCC2N(C)CC3)ccc1OCC1CC1. The van der Waals surface area contributed by atoms with Gasteiger partial charge in [-0.15, -0.1) is 0 Å². The second-order valence-corrected chi connectivity index (χ2v) is 7.62. The highest BCUT2D eigenvalue weighted by Crippen LogP contribution is 2.47. The second-order valence-electron chi connectivity index (χ2n) is 7.62. The first-order chi connectivity index (χ1) is 11.7. The maximum atomic E-state index is 6.03. The zero-order valence-corrected chi connectivity index (χ0v) is 15.0. The van der Waals surface area contributed by atoms with E-state index in [1.54, 1.807) is 0 Å². The summed E-state index contributed by atoms with van der Waals surface area (Å²) in [5.74, 6) is 2.58. The van der Waals surface area contributed by atoms with E-state index in [0.29, 0.717) is 12.6 Å². The molecule has 2 atom stereocenters. The average molecular weight is 327 g/mol. The molecular formula is C21H29NO2. The van der Waals surface area contributed by atoms with Crippen LogP contribution in [0.25, 0.3) is 0 Å². The minimum absolute atomic E-state index is 0.147. The van der Waals surface area contributed by atoms with Crippen LogP contribution in [0.2, 0.25) is 0 Å². The molecule has 3 nitrogen and oxygen atoms in total. The molecule has 1 saturated heterocycles. The number of likely N-dealkylation sites (tertiary alicyclic amines) is 1. The zero-order chi connectivity index (χ0) is 16.6. The first-order valence-electron chi connectivity index (χ1n) is 9.51. The molecule has 2 aliphatic carbocycles. The van der Waals surface area contributed by atoms with Gasteiger partial charge >= 0.3 is 0 Å². The predicted octanol–water partition coefficient (Wildman–Crippen LogP) is 4.17. The van der Waals surface area contributed by atoms with Crippen molar-refractivity contribution in [2.45, 2.75) is 50.5 Å². The van der Waals surface area contributed by atoms with Crippen LogP contribution in [0.4, 0.5) is 0 Å². The maximum Gasteiger partial charge on any atom is 0.161 e. The molecule has 1 aromatic rings. The Kier molecular flexibility index (Phi) is 4.29. The average Bonchev–Trinajstić information content (AvgIpc) is 3.37. The minimum atomic E-state index is 0.147.